The number of nitrogens with zero attached hydrogens (tertiary/aromatic N) is 3. The maximum absolute atomic E-state index is 11.9. The molecule has 1 aromatic carbocycles. The summed E-state index contributed by atoms with van der Waals surface area (Å²) in [6, 6.07) is 7.31. The number of nitrogens with one attached hydrogen (secondary N) is 2. The van der Waals surface area contributed by atoms with Crippen molar-refractivity contribution in [1.29, 1.82) is 0 Å². The van der Waals surface area contributed by atoms with Gasteiger partial charge in [0.25, 0.3) is 0 Å². The van der Waals surface area contributed by atoms with Crippen LogP contribution in [0.25, 0.3) is 10.8 Å². The van der Waals surface area contributed by atoms with Crippen LogP contribution in [0.2, 0.25) is 0 Å². The molecule has 0 atom stereocenters. The molecule has 0 aliphatic heterocycles. The summed E-state index contributed by atoms with van der Waals surface area (Å²) in [5.74, 6) is 0.387. The highest BCUT2D eigenvalue weighted by molar-refractivity contribution is 6.05. The van der Waals surface area contributed by atoms with Gasteiger partial charge in [-0.3, -0.25) is 15.3 Å². The molecule has 3 rings (SSSR count). The van der Waals surface area contributed by atoms with Gasteiger partial charge in [-0.05, 0) is 0 Å². The number of fused-ring (bicyclic) bond motifs is 1. The molecule has 2 N–H and O–H groups in total. The van der Waals surface area contributed by atoms with Gasteiger partial charge in [-0.2, -0.15) is 0 Å². The van der Waals surface area contributed by atoms with E-state index >= 15 is 0 Å². The van der Waals surface area contributed by atoms with E-state index in [0.29, 0.717) is 11.5 Å². The van der Waals surface area contributed by atoms with Crippen LogP contribution in [0.3, 0.4) is 0 Å². The van der Waals surface area contributed by atoms with Crippen molar-refractivity contribution in [1.82, 2.24) is 15.0 Å². The average molecular weight is 265 g/mol. The predicted molar refractivity (Wildman–Crippen MR) is 76.4 cm³/mol. The minimum Gasteiger partial charge on any atom is -0.306 e. The number of benzene rings is 1. The van der Waals surface area contributed by atoms with Crippen LogP contribution >= 0.6 is 0 Å². The first kappa shape index (κ1) is 12.0. The molecule has 20 heavy (non-hydrogen) atoms. The lowest BCUT2D eigenvalue weighted by Gasteiger charge is -2.08. The zero-order valence-electron chi connectivity index (χ0n) is 10.4. The number of hydrogen-bond acceptors (Lipinski definition) is 4. The Bertz CT molecular complexity index is 739. The van der Waals surface area contributed by atoms with Gasteiger partial charge in [-0.1, -0.05) is 24.3 Å². The van der Waals surface area contributed by atoms with E-state index in [1.165, 1.54) is 18.6 Å². The quantitative estimate of drug-likeness (QED) is 0.746. The topological polar surface area (TPSA) is 79.8 Å². The molecule has 0 aliphatic carbocycles. The fraction of sp³-hybridized carbons (Fsp3) is 0. The largest absolute Gasteiger partial charge is 0.324 e. The third-order valence-electron chi connectivity index (χ3n) is 2.72. The second kappa shape index (κ2) is 5.31. The summed E-state index contributed by atoms with van der Waals surface area (Å²) in [6.07, 6.45) is 7.88. The van der Waals surface area contributed by atoms with Gasteiger partial charge in [0.15, 0.2) is 5.82 Å². The van der Waals surface area contributed by atoms with Crippen LogP contribution in [0.15, 0.2) is 55.2 Å². The first-order chi connectivity index (χ1) is 9.83. The van der Waals surface area contributed by atoms with Crippen molar-refractivity contribution >= 4 is 28.3 Å². The van der Waals surface area contributed by atoms with Gasteiger partial charge in [-0.15, -0.1) is 0 Å². The monoisotopic (exact) mass is 265 g/mol. The Kier molecular flexibility index (Phi) is 3.20. The molecular weight excluding hydrogens is 254 g/mol. The van der Waals surface area contributed by atoms with E-state index in [1.807, 2.05) is 24.3 Å². The fourth-order valence-corrected chi connectivity index (χ4v) is 1.85. The lowest BCUT2D eigenvalue weighted by Crippen LogP contribution is -2.20. The van der Waals surface area contributed by atoms with Crippen LogP contribution in [-0.4, -0.2) is 21.0 Å². The molecule has 6 heteroatoms. The Balaban J connectivity index is 1.81. The van der Waals surface area contributed by atoms with Crippen LogP contribution in [0.4, 0.5) is 16.3 Å². The number of anilines is 2. The van der Waals surface area contributed by atoms with Crippen molar-refractivity contribution in [3.63, 3.8) is 0 Å². The van der Waals surface area contributed by atoms with Gasteiger partial charge >= 0.3 is 6.03 Å². The summed E-state index contributed by atoms with van der Waals surface area (Å²) >= 11 is 0. The number of rotatable bonds is 2. The van der Waals surface area contributed by atoms with E-state index < -0.39 is 0 Å². The van der Waals surface area contributed by atoms with Crippen molar-refractivity contribution in [2.24, 2.45) is 0 Å². The lowest BCUT2D eigenvalue weighted by atomic mass is 10.1. The third kappa shape index (κ3) is 2.54. The summed E-state index contributed by atoms with van der Waals surface area (Å²) < 4.78 is 0. The van der Waals surface area contributed by atoms with Crippen LogP contribution < -0.4 is 10.6 Å². The predicted octanol–water partition coefficient (Wildman–Crippen LogP) is 2.67. The second-order valence-electron chi connectivity index (χ2n) is 4.08. The Labute approximate surface area is 114 Å². The van der Waals surface area contributed by atoms with Crippen LogP contribution in [0.1, 0.15) is 0 Å². The second-order valence-corrected chi connectivity index (χ2v) is 4.08. The summed E-state index contributed by atoms with van der Waals surface area (Å²) in [4.78, 5) is 23.9. The van der Waals surface area contributed by atoms with Gasteiger partial charge < -0.3 is 5.32 Å². The van der Waals surface area contributed by atoms with Crippen LogP contribution in [0, 0.1) is 0 Å². The molecule has 0 fully saturated rings. The Hall–Kier alpha value is -3.02. The fourth-order valence-electron chi connectivity index (χ4n) is 1.85. The summed E-state index contributed by atoms with van der Waals surface area (Å²) in [5, 5.41) is 7.25. The molecule has 2 aromatic heterocycles. The maximum atomic E-state index is 11.9. The molecule has 0 bridgehead atoms. The zero-order valence-corrected chi connectivity index (χ0v) is 10.4. The summed E-state index contributed by atoms with van der Waals surface area (Å²) in [5.41, 5.74) is 0.643. The molecule has 3 aromatic rings. The molecule has 0 aliphatic rings. The minimum atomic E-state index is -0.386. The van der Waals surface area contributed by atoms with E-state index in [-0.39, 0.29) is 6.03 Å². The van der Waals surface area contributed by atoms with Gasteiger partial charge in [-0.25, -0.2) is 9.78 Å². The molecule has 2 heterocycles. The highest BCUT2D eigenvalue weighted by Crippen LogP contribution is 2.21. The molecular formula is C14H11N5O. The van der Waals surface area contributed by atoms with E-state index in [4.69, 9.17) is 0 Å². The van der Waals surface area contributed by atoms with Gasteiger partial charge in [0.1, 0.15) is 0 Å². The molecule has 0 spiro atoms. The van der Waals surface area contributed by atoms with Gasteiger partial charge in [0.05, 0.1) is 18.1 Å². The molecule has 98 valence electrons. The third-order valence-corrected chi connectivity index (χ3v) is 2.72. The Morgan fingerprint density at radius 2 is 1.85 bits per heavy atom. The van der Waals surface area contributed by atoms with E-state index in [0.717, 1.165) is 10.8 Å². The molecule has 2 amide bonds. The number of urea groups is 1. The molecule has 0 saturated heterocycles. The van der Waals surface area contributed by atoms with Crippen molar-refractivity contribution in [2.75, 3.05) is 10.6 Å². The number of carbonyl (C=O) groups excluding carboxylic acids is 1. The molecule has 0 unspecified atom stereocenters. The smallest absolute Gasteiger partial charge is 0.306 e. The van der Waals surface area contributed by atoms with Gasteiger partial charge in [0.2, 0.25) is 0 Å². The number of carbonyl (C=O) groups is 1. The van der Waals surface area contributed by atoms with E-state index in [2.05, 4.69) is 25.6 Å². The highest BCUT2D eigenvalue weighted by Gasteiger charge is 2.06. The van der Waals surface area contributed by atoms with Crippen molar-refractivity contribution < 1.29 is 4.79 Å². The first-order valence-electron chi connectivity index (χ1n) is 6.00. The van der Waals surface area contributed by atoms with Gasteiger partial charge in [0, 0.05) is 29.4 Å². The summed E-state index contributed by atoms with van der Waals surface area (Å²) in [6.45, 7) is 0. The molecule has 0 radical (unpaired) electrons. The number of hydrogen-bond donors (Lipinski definition) is 2. The standard InChI is InChI=1S/C14H11N5O/c20-14(19-13-9-15-5-6-17-13)18-12-8-16-7-10-3-1-2-4-11(10)12/h1-9H,(H2,17,18,19,20). The number of aromatic nitrogens is 3. The SMILES string of the molecule is O=C(Nc1cnccn1)Nc1cncc2ccccc12. The zero-order chi connectivity index (χ0) is 13.8. The normalized spacial score (nSPS) is 10.2. The molecule has 6 nitrogen and oxygen atoms in total. The van der Waals surface area contributed by atoms with Crippen molar-refractivity contribution in [3.8, 4) is 0 Å². The van der Waals surface area contributed by atoms with Crippen molar-refractivity contribution in [2.45, 2.75) is 0 Å². The lowest BCUT2D eigenvalue weighted by molar-refractivity contribution is 0.262. The maximum Gasteiger partial charge on any atom is 0.324 e. The highest BCUT2D eigenvalue weighted by atomic mass is 16.2. The Morgan fingerprint density at radius 3 is 2.70 bits per heavy atom. The number of amides is 2. The average Bonchev–Trinajstić information content (AvgIpc) is 2.48. The van der Waals surface area contributed by atoms with Crippen molar-refractivity contribution in [3.05, 3.63) is 55.2 Å². The first-order valence-corrected chi connectivity index (χ1v) is 6.00. The van der Waals surface area contributed by atoms with Crippen LogP contribution in [-0.2, 0) is 0 Å². The van der Waals surface area contributed by atoms with E-state index in [9.17, 15) is 4.79 Å². The molecule has 0 saturated carbocycles. The van der Waals surface area contributed by atoms with E-state index in [1.54, 1.807) is 12.4 Å². The van der Waals surface area contributed by atoms with Crippen LogP contribution in [0.5, 0.6) is 0 Å². The Morgan fingerprint density at radius 1 is 0.950 bits per heavy atom. The number of pyridine rings is 1. The summed E-state index contributed by atoms with van der Waals surface area (Å²) in [7, 11) is 0. The minimum absolute atomic E-state index is 0.386.